The summed E-state index contributed by atoms with van der Waals surface area (Å²) in [5, 5.41) is 20.1. The van der Waals surface area contributed by atoms with Gasteiger partial charge in [0.2, 0.25) is 47.3 Å². The molecular weight excluding hydrogens is 1380 g/mol. The number of nitrogens with zero attached hydrogens (tertiary/aromatic N) is 6. The van der Waals surface area contributed by atoms with Crippen molar-refractivity contribution in [3.05, 3.63) is 127 Å². The number of hydrogen-bond acceptors (Lipinski definition) is 13. The summed E-state index contributed by atoms with van der Waals surface area (Å²) in [5.41, 5.74) is 2.74. The van der Waals surface area contributed by atoms with Crippen LogP contribution in [0.25, 0.3) is 0 Å². The summed E-state index contributed by atoms with van der Waals surface area (Å²) < 4.78 is 35.2. The largest absolute Gasteiger partial charge is 0.462 e. The number of carbonyl (C=O) groups excluding carboxylic acids is 9. The predicted molar refractivity (Wildman–Crippen MR) is 383 cm³/mol. The quantitative estimate of drug-likeness (QED) is 0.0385. The summed E-state index contributed by atoms with van der Waals surface area (Å²) in [6.45, 7) is 14.6. The fourth-order valence-corrected chi connectivity index (χ4v) is 15.1. The number of likely N-dealkylation sites (tertiary alicyclic amines) is 4. The minimum Gasteiger partial charge on any atom is -0.462 e. The highest BCUT2D eigenvalue weighted by molar-refractivity contribution is 6.43. The van der Waals surface area contributed by atoms with Crippen LogP contribution in [0.5, 0.6) is 0 Å². The molecule has 0 unspecified atom stereocenters. The molecule has 27 heteroatoms. The Morgan fingerprint density at radius 1 is 0.525 bits per heavy atom. The average molecular weight is 1480 g/mol. The lowest BCUT2D eigenvalue weighted by atomic mass is 9.90. The van der Waals surface area contributed by atoms with Crippen molar-refractivity contribution in [3.8, 4) is 0 Å². The van der Waals surface area contributed by atoms with Crippen LogP contribution in [0.1, 0.15) is 160 Å². The van der Waals surface area contributed by atoms with Gasteiger partial charge in [-0.25, -0.2) is 8.78 Å². The second kappa shape index (κ2) is 35.5. The van der Waals surface area contributed by atoms with Crippen LogP contribution in [-0.2, 0) is 73.8 Å². The smallest absolute Gasteiger partial charge is 0.302 e. The molecule has 6 aliphatic rings. The van der Waals surface area contributed by atoms with Crippen molar-refractivity contribution < 1.29 is 61.8 Å². The fraction of sp³-hybridized carbons (Fsp3) is 0.554. The van der Waals surface area contributed by atoms with Crippen LogP contribution in [0.2, 0.25) is 20.1 Å². The summed E-state index contributed by atoms with van der Waals surface area (Å²) in [6, 6.07) is 16.5. The van der Waals surface area contributed by atoms with Crippen LogP contribution in [-0.4, -0.2) is 188 Å². The first kappa shape index (κ1) is 78.2. The maximum atomic E-state index is 15.0. The lowest BCUT2D eigenvalue weighted by Gasteiger charge is -2.43. The number of fused-ring (bicyclic) bond motifs is 2. The molecule has 6 heterocycles. The number of benzene rings is 4. The zero-order chi connectivity index (χ0) is 72.9. The van der Waals surface area contributed by atoms with Crippen LogP contribution in [0.4, 0.5) is 20.2 Å². The van der Waals surface area contributed by atoms with E-state index in [4.69, 9.17) is 51.1 Å². The van der Waals surface area contributed by atoms with Crippen molar-refractivity contribution in [2.45, 2.75) is 211 Å². The Labute approximate surface area is 609 Å². The summed E-state index contributed by atoms with van der Waals surface area (Å²) in [5.74, 6) is -5.28. The standard InChI is InChI=1S/C38H48Cl2FN5O6.C36H46Cl2FN5O5/c1-24(47)52-27-14-19-44(20-15-27)21-16-30(36(50)42-29-11-10-28(39)34(40)35(29)41)43-37(51)31-22-25-8-4-5-9-26(25)23-45(31)32(48)12-13-33(49)46-18-7-6-17-38(46,2)3;1-36(2)16-5-6-17-44(36)31(47)12-11-30(46)43-22-24-8-4-3-7-23(24)21-29(43)35(49)41-28(15-20-42-18-13-25(45)14-19-42)34(48)40-27-10-9-26(37)32(38)33(27)39/h4-5,8-11,27,30-31H,6-7,12-23H2,1-3H3,(H,42,50)(H,43,51);3-4,7-10,25,28-29,45H,5-6,11-22H2,1-2H3,(H,40,48)(H,41,49)/t30-,31-;28-,29-/m00/s1. The maximum Gasteiger partial charge on any atom is 0.302 e. The number of rotatable bonds is 21. The van der Waals surface area contributed by atoms with Gasteiger partial charge in [-0.05, 0) is 151 Å². The van der Waals surface area contributed by atoms with Gasteiger partial charge in [-0.3, -0.25) is 43.2 Å². The Morgan fingerprint density at radius 2 is 0.901 bits per heavy atom. The van der Waals surface area contributed by atoms with E-state index in [1.165, 1.54) is 41.0 Å². The number of hydrogen-bond donors (Lipinski definition) is 5. The molecule has 0 aromatic heterocycles. The molecule has 101 heavy (non-hydrogen) atoms. The monoisotopic (exact) mass is 1480 g/mol. The Bertz CT molecular complexity index is 3680. The number of ether oxygens (including phenoxy) is 1. The number of aliphatic hydroxyl groups excluding tert-OH is 1. The Morgan fingerprint density at radius 3 is 1.29 bits per heavy atom. The number of esters is 1. The van der Waals surface area contributed by atoms with Crippen molar-refractivity contribution in [2.75, 3.05) is 63.0 Å². The molecule has 5 N–H and O–H groups in total. The van der Waals surface area contributed by atoms with Crippen LogP contribution in [0.15, 0.2) is 72.8 Å². The summed E-state index contributed by atoms with van der Waals surface area (Å²) in [7, 11) is 0. The lowest BCUT2D eigenvalue weighted by molar-refractivity contribution is -0.148. The first-order valence-electron chi connectivity index (χ1n) is 35.2. The van der Waals surface area contributed by atoms with Gasteiger partial charge in [0.15, 0.2) is 11.6 Å². The minimum absolute atomic E-state index is 0.00187. The van der Waals surface area contributed by atoms with Gasteiger partial charge in [0, 0.05) is 122 Å². The molecule has 0 saturated carbocycles. The van der Waals surface area contributed by atoms with Gasteiger partial charge in [0.25, 0.3) is 0 Å². The van der Waals surface area contributed by atoms with E-state index in [0.29, 0.717) is 78.0 Å². The fourth-order valence-electron chi connectivity index (χ4n) is 14.5. The van der Waals surface area contributed by atoms with Gasteiger partial charge in [-0.2, -0.15) is 0 Å². The minimum atomic E-state index is -1.11. The molecule has 0 radical (unpaired) electrons. The van der Waals surface area contributed by atoms with Gasteiger partial charge in [0.1, 0.15) is 30.3 Å². The number of piperidine rings is 4. The van der Waals surface area contributed by atoms with Gasteiger partial charge >= 0.3 is 5.97 Å². The topological polar surface area (TPSA) is 251 Å². The molecule has 0 spiro atoms. The highest BCUT2D eigenvalue weighted by Gasteiger charge is 2.41. The first-order valence-corrected chi connectivity index (χ1v) is 36.7. The van der Waals surface area contributed by atoms with Gasteiger partial charge in [-0.1, -0.05) is 94.9 Å². The molecule has 0 aliphatic carbocycles. The van der Waals surface area contributed by atoms with E-state index < -0.39 is 59.4 Å². The molecule has 21 nitrogen and oxygen atoms in total. The zero-order valence-corrected chi connectivity index (χ0v) is 61.2. The third-order valence-corrected chi connectivity index (χ3v) is 22.1. The van der Waals surface area contributed by atoms with Crippen LogP contribution >= 0.6 is 46.4 Å². The van der Waals surface area contributed by atoms with Gasteiger partial charge in [0.05, 0.1) is 37.6 Å². The van der Waals surface area contributed by atoms with Gasteiger partial charge in [-0.15, -0.1) is 0 Å². The number of anilines is 2. The van der Waals surface area contributed by atoms with Crippen LogP contribution in [0.3, 0.4) is 0 Å². The molecule has 548 valence electrons. The van der Waals surface area contributed by atoms with Crippen LogP contribution < -0.4 is 21.3 Å². The normalized spacial score (nSPS) is 20.0. The molecule has 4 aromatic carbocycles. The highest BCUT2D eigenvalue weighted by Crippen LogP contribution is 2.35. The van der Waals surface area contributed by atoms with Crippen molar-refractivity contribution in [1.82, 2.24) is 40.0 Å². The van der Waals surface area contributed by atoms with E-state index in [-0.39, 0.29) is 149 Å². The Balaban J connectivity index is 0.000000236. The third-order valence-electron chi connectivity index (χ3n) is 20.5. The molecule has 4 fully saturated rings. The summed E-state index contributed by atoms with van der Waals surface area (Å²) >= 11 is 23.9. The second-order valence-corrected chi connectivity index (χ2v) is 30.1. The highest BCUT2D eigenvalue weighted by atomic mass is 35.5. The molecule has 10 rings (SSSR count). The number of amides is 8. The number of nitrogens with one attached hydrogen (secondary N) is 4. The second-order valence-electron chi connectivity index (χ2n) is 28.5. The molecule has 0 bridgehead atoms. The predicted octanol–water partition coefficient (Wildman–Crippen LogP) is 10.4. The van der Waals surface area contributed by atoms with Crippen molar-refractivity contribution >= 4 is 111 Å². The van der Waals surface area contributed by atoms with Crippen LogP contribution in [0, 0.1) is 11.6 Å². The van der Waals surface area contributed by atoms with Crippen molar-refractivity contribution in [1.29, 1.82) is 0 Å². The molecular formula is C74H94Cl4F2N10O11. The SMILES string of the molecule is CC(=O)OC1CCN(CC[C@H](NC(=O)[C@@H]2Cc3ccccc3CN2C(=O)CCC(=O)N2CCCCC2(C)C)C(=O)Nc2ccc(Cl)c(Cl)c2F)CC1.CC1(C)CCCCN1C(=O)CCC(=O)N1Cc2ccccc2C[C@H]1C(=O)N[C@@H](CCN1CCC(O)CC1)C(=O)Nc1ccc(Cl)c(Cl)c1F. The molecule has 8 amide bonds. The Kier molecular flexibility index (Phi) is 27.4. The number of aliphatic hydroxyl groups is 1. The van der Waals surface area contributed by atoms with Crippen molar-refractivity contribution in [2.24, 2.45) is 0 Å². The molecule has 4 saturated heterocycles. The summed E-state index contributed by atoms with van der Waals surface area (Å²) in [4.78, 5) is 132. The first-order chi connectivity index (χ1) is 48.1. The summed E-state index contributed by atoms with van der Waals surface area (Å²) in [6.07, 6.45) is 8.51. The molecule has 4 atom stereocenters. The van der Waals surface area contributed by atoms with E-state index in [0.717, 1.165) is 60.8 Å². The average Bonchev–Trinajstić information content (AvgIpc) is 0.803. The molecule has 4 aromatic rings. The Hall–Kier alpha value is -6.99. The zero-order valence-electron chi connectivity index (χ0n) is 58.2. The third kappa shape index (κ3) is 20.7. The number of halogens is 6. The van der Waals surface area contributed by atoms with E-state index in [9.17, 15) is 57.0 Å². The van der Waals surface area contributed by atoms with Gasteiger partial charge < -0.3 is 60.5 Å². The lowest BCUT2D eigenvalue weighted by Crippen LogP contribution is -2.56. The van der Waals surface area contributed by atoms with E-state index >= 15 is 0 Å². The van der Waals surface area contributed by atoms with Crippen molar-refractivity contribution in [3.63, 3.8) is 0 Å². The number of carbonyl (C=O) groups is 9. The molecule has 6 aliphatic heterocycles. The van der Waals surface area contributed by atoms with E-state index in [2.05, 4.69) is 31.1 Å². The van der Waals surface area contributed by atoms with E-state index in [1.54, 1.807) is 0 Å². The van der Waals surface area contributed by atoms with E-state index in [1.807, 2.05) is 86.0 Å². The maximum absolute atomic E-state index is 15.0.